The van der Waals surface area contributed by atoms with E-state index in [0.29, 0.717) is 31.6 Å². The van der Waals surface area contributed by atoms with Crippen LogP contribution in [-0.4, -0.2) is 96.7 Å². The molecule has 89 heavy (non-hydrogen) atoms. The molecular formula is C70H136O17P2. The van der Waals surface area contributed by atoms with Gasteiger partial charge in [0.2, 0.25) is 0 Å². The Morgan fingerprint density at radius 1 is 0.281 bits per heavy atom. The molecule has 0 heterocycles. The molecule has 0 spiro atoms. The van der Waals surface area contributed by atoms with Crippen LogP contribution >= 0.6 is 15.6 Å². The zero-order chi connectivity index (χ0) is 66.1. The lowest BCUT2D eigenvalue weighted by atomic mass is 10.0. The third-order valence-corrected chi connectivity index (χ3v) is 18.0. The van der Waals surface area contributed by atoms with E-state index >= 15 is 0 Å². The minimum Gasteiger partial charge on any atom is -0.462 e. The fourth-order valence-electron chi connectivity index (χ4n) is 10.5. The fraction of sp³-hybridized carbons (Fsp3) is 0.943. The number of unbranched alkanes of at least 4 members (excludes halogenated alkanes) is 33. The molecule has 0 amide bonds. The summed E-state index contributed by atoms with van der Waals surface area (Å²) in [5.74, 6) is 0.804. The Hall–Kier alpha value is -1.94. The molecule has 0 aromatic rings. The number of aliphatic hydroxyl groups is 1. The van der Waals surface area contributed by atoms with Gasteiger partial charge in [-0.05, 0) is 49.4 Å². The van der Waals surface area contributed by atoms with E-state index in [4.69, 9.17) is 37.0 Å². The fourth-order valence-corrected chi connectivity index (χ4v) is 12.1. The molecular weight excluding hydrogens is 1170 g/mol. The van der Waals surface area contributed by atoms with Gasteiger partial charge in [-0.2, -0.15) is 0 Å². The van der Waals surface area contributed by atoms with Crippen LogP contribution in [-0.2, 0) is 65.4 Å². The molecule has 17 nitrogen and oxygen atoms in total. The summed E-state index contributed by atoms with van der Waals surface area (Å²) in [7, 11) is -9.90. The number of carbonyl (C=O) groups excluding carboxylic acids is 4. The number of aliphatic hydroxyl groups excluding tert-OH is 1. The standard InChI is InChI=1S/C70H136O17P2/c1-60(2)46-38-30-22-16-13-11-9-10-12-14-18-26-36-44-52-69(74)86-65(56-80-67(72)50-42-34-25-19-15-17-23-31-39-47-61(3)4)58-84-88(76,77)82-54-64(71)55-83-89(78,79)85-59-66(57-81-68(73)51-43-35-29-28-33-41-49-63(7)8)87-70(75)53-45-37-27-21-20-24-32-40-48-62(5)6/h60-66,71H,9-59H2,1-8H3,(H,76,77)(H,78,79)/t64-,65-,66-/m1/s1. The second kappa shape index (κ2) is 59.8. The van der Waals surface area contributed by atoms with Crippen molar-refractivity contribution in [2.24, 2.45) is 23.7 Å². The van der Waals surface area contributed by atoms with Crippen LogP contribution in [0.5, 0.6) is 0 Å². The van der Waals surface area contributed by atoms with Crippen molar-refractivity contribution in [3.05, 3.63) is 0 Å². The Kier molecular flexibility index (Phi) is 58.5. The summed E-state index contributed by atoms with van der Waals surface area (Å²) in [4.78, 5) is 72.5. The Labute approximate surface area is 543 Å². The lowest BCUT2D eigenvalue weighted by Crippen LogP contribution is -2.30. The zero-order valence-corrected chi connectivity index (χ0v) is 59.8. The second-order valence-corrected chi connectivity index (χ2v) is 30.1. The van der Waals surface area contributed by atoms with Gasteiger partial charge in [0.1, 0.15) is 19.3 Å². The first kappa shape index (κ1) is 87.1. The van der Waals surface area contributed by atoms with Crippen molar-refractivity contribution < 1.29 is 80.2 Å². The van der Waals surface area contributed by atoms with Crippen molar-refractivity contribution in [1.82, 2.24) is 0 Å². The molecule has 0 aromatic carbocycles. The second-order valence-electron chi connectivity index (χ2n) is 27.2. The van der Waals surface area contributed by atoms with Crippen LogP contribution in [0.15, 0.2) is 0 Å². The zero-order valence-electron chi connectivity index (χ0n) is 58.1. The number of phosphoric ester groups is 2. The summed E-state index contributed by atoms with van der Waals surface area (Å²) in [5, 5.41) is 10.6. The maximum absolute atomic E-state index is 13.0. The summed E-state index contributed by atoms with van der Waals surface area (Å²) < 4.78 is 68.2. The number of carbonyl (C=O) groups is 4. The molecule has 5 atom stereocenters. The number of hydrogen-bond donors (Lipinski definition) is 3. The van der Waals surface area contributed by atoms with Crippen molar-refractivity contribution in [1.29, 1.82) is 0 Å². The molecule has 0 bridgehead atoms. The van der Waals surface area contributed by atoms with Crippen LogP contribution in [0.2, 0.25) is 0 Å². The van der Waals surface area contributed by atoms with E-state index in [1.165, 1.54) is 141 Å². The molecule has 0 aliphatic carbocycles. The third kappa shape index (κ3) is 64.6. The highest BCUT2D eigenvalue weighted by Gasteiger charge is 2.30. The summed E-state index contributed by atoms with van der Waals surface area (Å²) in [6.07, 6.45) is 41.9. The Balaban J connectivity index is 5.23. The average molecular weight is 1310 g/mol. The molecule has 19 heteroatoms. The molecule has 0 aliphatic rings. The van der Waals surface area contributed by atoms with E-state index < -0.39 is 97.5 Å². The van der Waals surface area contributed by atoms with Gasteiger partial charge in [-0.3, -0.25) is 37.3 Å². The first-order valence-electron chi connectivity index (χ1n) is 36.2. The number of esters is 4. The molecule has 528 valence electrons. The van der Waals surface area contributed by atoms with Gasteiger partial charge in [-0.15, -0.1) is 0 Å². The van der Waals surface area contributed by atoms with E-state index in [-0.39, 0.29) is 25.7 Å². The lowest BCUT2D eigenvalue weighted by molar-refractivity contribution is -0.161. The summed E-state index contributed by atoms with van der Waals surface area (Å²) in [6, 6.07) is 0. The first-order chi connectivity index (χ1) is 42.6. The van der Waals surface area contributed by atoms with Crippen LogP contribution in [0.1, 0.15) is 344 Å². The van der Waals surface area contributed by atoms with Crippen molar-refractivity contribution in [2.45, 2.75) is 363 Å². The SMILES string of the molecule is CC(C)CCCCCCCCCCCCCCCCC(=O)O[C@H](COC(=O)CCCCCCCCCCCC(C)C)COP(=O)(O)OC[C@@H](O)COP(=O)(O)OC[C@@H](COC(=O)CCCCCCCCC(C)C)OC(=O)CCCCCCCCCCC(C)C. The topological polar surface area (TPSA) is 237 Å². The normalized spacial score (nSPS) is 14.3. The Bertz CT molecular complexity index is 1760. The largest absolute Gasteiger partial charge is 0.472 e. The third-order valence-electron chi connectivity index (χ3n) is 16.1. The summed E-state index contributed by atoms with van der Waals surface area (Å²) in [5.41, 5.74) is 0. The number of phosphoric acid groups is 2. The molecule has 0 aromatic heterocycles. The molecule has 0 saturated heterocycles. The van der Waals surface area contributed by atoms with Crippen molar-refractivity contribution in [3.8, 4) is 0 Å². The van der Waals surface area contributed by atoms with E-state index in [1.807, 2.05) is 0 Å². The maximum atomic E-state index is 13.0. The van der Waals surface area contributed by atoms with Crippen LogP contribution in [0.3, 0.4) is 0 Å². The monoisotopic (exact) mass is 1310 g/mol. The van der Waals surface area contributed by atoms with E-state index in [9.17, 15) is 43.2 Å². The average Bonchev–Trinajstić information content (AvgIpc) is 3.59. The van der Waals surface area contributed by atoms with Crippen molar-refractivity contribution in [3.63, 3.8) is 0 Å². The summed E-state index contributed by atoms with van der Waals surface area (Å²) in [6.45, 7) is 14.0. The quantitative estimate of drug-likeness (QED) is 0.0222. The van der Waals surface area contributed by atoms with Gasteiger partial charge in [-0.1, -0.05) is 293 Å². The number of rotatable bonds is 67. The van der Waals surface area contributed by atoms with Crippen LogP contribution < -0.4 is 0 Å². The van der Waals surface area contributed by atoms with Gasteiger partial charge in [0, 0.05) is 25.7 Å². The van der Waals surface area contributed by atoms with Crippen molar-refractivity contribution in [2.75, 3.05) is 39.6 Å². The summed E-state index contributed by atoms with van der Waals surface area (Å²) >= 11 is 0. The molecule has 0 saturated carbocycles. The van der Waals surface area contributed by atoms with E-state index in [1.54, 1.807) is 0 Å². The molecule has 0 fully saturated rings. The minimum atomic E-state index is -4.95. The molecule has 2 unspecified atom stereocenters. The van der Waals surface area contributed by atoms with Gasteiger partial charge in [0.05, 0.1) is 26.4 Å². The van der Waals surface area contributed by atoms with E-state index in [0.717, 1.165) is 114 Å². The predicted octanol–water partition coefficient (Wildman–Crippen LogP) is 19.7. The van der Waals surface area contributed by atoms with Crippen LogP contribution in [0.25, 0.3) is 0 Å². The van der Waals surface area contributed by atoms with Gasteiger partial charge in [-0.25, -0.2) is 9.13 Å². The van der Waals surface area contributed by atoms with E-state index in [2.05, 4.69) is 55.4 Å². The highest BCUT2D eigenvalue weighted by Crippen LogP contribution is 2.45. The lowest BCUT2D eigenvalue weighted by Gasteiger charge is -2.21. The highest BCUT2D eigenvalue weighted by molar-refractivity contribution is 7.47. The van der Waals surface area contributed by atoms with Crippen LogP contribution in [0, 0.1) is 23.7 Å². The Morgan fingerprint density at radius 2 is 0.472 bits per heavy atom. The molecule has 0 rings (SSSR count). The van der Waals surface area contributed by atoms with Crippen molar-refractivity contribution >= 4 is 39.5 Å². The Morgan fingerprint density at radius 3 is 0.697 bits per heavy atom. The molecule has 0 radical (unpaired) electrons. The smallest absolute Gasteiger partial charge is 0.462 e. The van der Waals surface area contributed by atoms with Gasteiger partial charge in [0.15, 0.2) is 12.2 Å². The number of hydrogen-bond acceptors (Lipinski definition) is 15. The first-order valence-corrected chi connectivity index (χ1v) is 39.2. The minimum absolute atomic E-state index is 0.103. The number of ether oxygens (including phenoxy) is 4. The molecule has 0 aliphatic heterocycles. The predicted molar refractivity (Wildman–Crippen MR) is 358 cm³/mol. The van der Waals surface area contributed by atoms with Gasteiger partial charge in [0.25, 0.3) is 0 Å². The highest BCUT2D eigenvalue weighted by atomic mass is 31.2. The van der Waals surface area contributed by atoms with Crippen LogP contribution in [0.4, 0.5) is 0 Å². The van der Waals surface area contributed by atoms with Gasteiger partial charge >= 0.3 is 39.5 Å². The maximum Gasteiger partial charge on any atom is 0.472 e. The van der Waals surface area contributed by atoms with Gasteiger partial charge < -0.3 is 33.8 Å². The molecule has 3 N–H and O–H groups in total.